The molecule has 1 saturated heterocycles. The third-order valence-electron chi connectivity index (χ3n) is 4.20. The predicted octanol–water partition coefficient (Wildman–Crippen LogP) is -0.0772. The largest absolute Gasteiger partial charge is 1.00 e. The normalized spacial score (nSPS) is 13.2. The molecular weight excluding hydrogens is 459 g/mol. The van der Waals surface area contributed by atoms with E-state index in [0.717, 1.165) is 39.3 Å². The summed E-state index contributed by atoms with van der Waals surface area (Å²) in [7, 11) is 0. The Hall–Kier alpha value is -1.93. The Kier molecular flexibility index (Phi) is 10.6. The minimum atomic E-state index is -1.83. The molecule has 10 nitrogen and oxygen atoms in total. The van der Waals surface area contributed by atoms with E-state index in [-0.39, 0.29) is 58.7 Å². The molecule has 1 amide bonds. The number of pyridine rings is 2. The molecule has 0 radical (unpaired) electrons. The maximum Gasteiger partial charge on any atom is 1.00 e. The van der Waals surface area contributed by atoms with Crippen molar-refractivity contribution in [2.24, 2.45) is 0 Å². The van der Waals surface area contributed by atoms with E-state index in [2.05, 4.69) is 30.5 Å². The van der Waals surface area contributed by atoms with Gasteiger partial charge in [-0.15, -0.1) is 11.3 Å². The molecule has 12 heteroatoms. The molecule has 3 aromatic rings. The molecule has 0 aliphatic carbocycles. The van der Waals surface area contributed by atoms with E-state index in [9.17, 15) is 4.79 Å². The van der Waals surface area contributed by atoms with Gasteiger partial charge in [-0.2, -0.15) is 0 Å². The number of carbonyl (C=O) groups excluding carboxylic acids is 1. The van der Waals surface area contributed by atoms with Crippen molar-refractivity contribution in [3.05, 3.63) is 53.3 Å². The Bertz CT molecular complexity index is 1070. The van der Waals surface area contributed by atoms with Gasteiger partial charge in [0.15, 0.2) is 0 Å². The summed E-state index contributed by atoms with van der Waals surface area (Å²) in [5.74, 6) is 1.59. The summed E-state index contributed by atoms with van der Waals surface area (Å²) < 4.78 is 0. The van der Waals surface area contributed by atoms with Gasteiger partial charge in [0.2, 0.25) is 5.91 Å². The second kappa shape index (κ2) is 12.9. The zero-order chi connectivity index (χ0) is 22.2. The second-order valence-corrected chi connectivity index (χ2v) is 7.83. The molecule has 0 aromatic carbocycles. The first-order chi connectivity index (χ1) is 14.9. The number of aromatic nitrogens is 3. The van der Waals surface area contributed by atoms with E-state index in [1.165, 1.54) is 0 Å². The molecule has 0 atom stereocenters. The van der Waals surface area contributed by atoms with Gasteiger partial charge in [0, 0.05) is 25.5 Å². The van der Waals surface area contributed by atoms with E-state index >= 15 is 0 Å². The van der Waals surface area contributed by atoms with Crippen LogP contribution in [-0.4, -0.2) is 61.8 Å². The molecule has 1 aliphatic heterocycles. The van der Waals surface area contributed by atoms with Crippen LogP contribution in [0.2, 0.25) is 0 Å². The van der Waals surface area contributed by atoms with Crippen LogP contribution in [0.1, 0.15) is 12.0 Å². The second-order valence-electron chi connectivity index (χ2n) is 6.71. The number of nitrogens with one attached hydrogen (secondary N) is 2. The van der Waals surface area contributed by atoms with Crippen molar-refractivity contribution < 1.29 is 72.6 Å². The van der Waals surface area contributed by atoms with E-state index in [1.807, 2.05) is 43.5 Å². The number of carbonyl (C=O) groups is 2. The SMILES string of the molecule is Cc1ccnc(Nc2cccc(-c3cnc(CN4CCNC(=O)C4)s3)n2)c1.O=C(O)O.[H-].[K+]. The molecule has 4 N–H and O–H groups in total. The Morgan fingerprint density at radius 3 is 2.78 bits per heavy atom. The minimum absolute atomic E-state index is 0. The number of hydrogen-bond donors (Lipinski definition) is 4. The van der Waals surface area contributed by atoms with Gasteiger partial charge in [0.1, 0.15) is 16.6 Å². The number of piperazine rings is 1. The zero-order valence-corrected chi connectivity index (χ0v) is 21.7. The predicted molar refractivity (Wildman–Crippen MR) is 118 cm³/mol. The summed E-state index contributed by atoms with van der Waals surface area (Å²) in [6, 6.07) is 9.80. The van der Waals surface area contributed by atoms with Gasteiger partial charge in [-0.3, -0.25) is 9.69 Å². The topological polar surface area (TPSA) is 141 Å². The Morgan fingerprint density at radius 1 is 1.28 bits per heavy atom. The fourth-order valence-electron chi connectivity index (χ4n) is 2.90. The molecular formula is C20H23KN6O4S. The Balaban J connectivity index is 0.000000842. The first-order valence-corrected chi connectivity index (χ1v) is 10.2. The monoisotopic (exact) mass is 482 g/mol. The van der Waals surface area contributed by atoms with Crippen LogP contribution in [-0.2, 0) is 11.3 Å². The van der Waals surface area contributed by atoms with Crippen molar-refractivity contribution in [2.45, 2.75) is 13.5 Å². The van der Waals surface area contributed by atoms with Crippen molar-refractivity contribution >= 4 is 35.0 Å². The van der Waals surface area contributed by atoms with Crippen LogP contribution in [0.4, 0.5) is 16.4 Å². The molecule has 1 fully saturated rings. The van der Waals surface area contributed by atoms with Gasteiger partial charge in [-0.1, -0.05) is 6.07 Å². The molecule has 4 heterocycles. The first kappa shape index (κ1) is 26.3. The molecule has 0 spiro atoms. The van der Waals surface area contributed by atoms with E-state index in [0.29, 0.717) is 19.6 Å². The zero-order valence-electron chi connectivity index (χ0n) is 18.8. The molecule has 32 heavy (non-hydrogen) atoms. The van der Waals surface area contributed by atoms with E-state index in [1.54, 1.807) is 17.5 Å². The van der Waals surface area contributed by atoms with Crippen LogP contribution >= 0.6 is 11.3 Å². The van der Waals surface area contributed by atoms with Crippen LogP contribution in [0.3, 0.4) is 0 Å². The molecule has 0 unspecified atom stereocenters. The van der Waals surface area contributed by atoms with Crippen LogP contribution < -0.4 is 62.0 Å². The third-order valence-corrected chi connectivity index (χ3v) is 5.21. The maximum atomic E-state index is 11.5. The Morgan fingerprint density at radius 2 is 2.06 bits per heavy atom. The maximum absolute atomic E-state index is 11.5. The van der Waals surface area contributed by atoms with Crippen LogP contribution in [0, 0.1) is 6.92 Å². The van der Waals surface area contributed by atoms with E-state index in [4.69, 9.17) is 15.0 Å². The third kappa shape index (κ3) is 8.54. The summed E-state index contributed by atoms with van der Waals surface area (Å²) in [5, 5.41) is 21.0. The number of amides is 1. The van der Waals surface area contributed by atoms with Crippen molar-refractivity contribution in [3.63, 3.8) is 0 Å². The molecule has 1 aliphatic rings. The van der Waals surface area contributed by atoms with Crippen LogP contribution in [0.15, 0.2) is 42.7 Å². The average molecular weight is 483 g/mol. The summed E-state index contributed by atoms with van der Waals surface area (Å²) in [4.78, 5) is 36.7. The fraction of sp³-hybridized carbons (Fsp3) is 0.250. The van der Waals surface area contributed by atoms with Crippen LogP contribution in [0.5, 0.6) is 0 Å². The number of anilines is 2. The van der Waals surface area contributed by atoms with Crippen molar-refractivity contribution in [1.29, 1.82) is 0 Å². The number of carboxylic acid groups (broad SMARTS) is 2. The molecule has 4 rings (SSSR count). The molecule has 0 bridgehead atoms. The number of aryl methyl sites for hydroxylation is 1. The van der Waals surface area contributed by atoms with Gasteiger partial charge < -0.3 is 22.3 Å². The smallest absolute Gasteiger partial charge is 1.00 e. The standard InChI is InChI=1S/C19H20N6OS.CH2O3.K.H/c1-13-5-6-20-17(9-13)24-16-4-2-3-14(23-16)15-10-22-19(27-15)12-25-8-7-21-18(26)11-25;2-1(3)4;;/h2-6,9-10H,7-8,11-12H2,1H3,(H,21,26)(H,20,23,24);(H2,2,3,4);;/q;;+1;-1. The first-order valence-electron chi connectivity index (χ1n) is 9.42. The number of thiazole rings is 1. The fourth-order valence-corrected chi connectivity index (χ4v) is 3.83. The molecule has 0 saturated carbocycles. The minimum Gasteiger partial charge on any atom is -1.00 e. The summed E-state index contributed by atoms with van der Waals surface area (Å²) in [5.41, 5.74) is 2.01. The summed E-state index contributed by atoms with van der Waals surface area (Å²) in [6.07, 6.45) is 1.79. The molecule has 3 aromatic heterocycles. The Labute approximate surface area is 233 Å². The summed E-state index contributed by atoms with van der Waals surface area (Å²) >= 11 is 1.61. The average Bonchev–Trinajstić information content (AvgIpc) is 3.16. The quantitative estimate of drug-likeness (QED) is 0.368. The van der Waals surface area contributed by atoms with Crippen molar-refractivity contribution in [3.8, 4) is 10.6 Å². The van der Waals surface area contributed by atoms with Crippen molar-refractivity contribution in [1.82, 2.24) is 25.2 Å². The summed E-state index contributed by atoms with van der Waals surface area (Å²) in [6.45, 7) is 4.68. The molecule has 164 valence electrons. The van der Waals surface area contributed by atoms with Crippen LogP contribution in [0.25, 0.3) is 10.6 Å². The van der Waals surface area contributed by atoms with Gasteiger partial charge >= 0.3 is 57.5 Å². The van der Waals surface area contributed by atoms with Gasteiger partial charge in [0.05, 0.1) is 23.7 Å². The van der Waals surface area contributed by atoms with Crippen molar-refractivity contribution in [2.75, 3.05) is 25.0 Å². The van der Waals surface area contributed by atoms with Gasteiger partial charge in [-0.25, -0.2) is 19.7 Å². The number of nitrogens with zero attached hydrogens (tertiary/aromatic N) is 4. The van der Waals surface area contributed by atoms with Gasteiger partial charge in [0.25, 0.3) is 0 Å². The number of rotatable bonds is 5. The van der Waals surface area contributed by atoms with E-state index < -0.39 is 6.16 Å². The van der Waals surface area contributed by atoms with Gasteiger partial charge in [-0.05, 0) is 36.8 Å². The number of hydrogen-bond acceptors (Lipinski definition) is 8.